The van der Waals surface area contributed by atoms with Gasteiger partial charge in [0.2, 0.25) is 23.6 Å². The summed E-state index contributed by atoms with van der Waals surface area (Å²) in [5, 5.41) is 26.5. The molecule has 0 aliphatic carbocycles. The van der Waals surface area contributed by atoms with E-state index in [1.165, 1.54) is 218 Å². The van der Waals surface area contributed by atoms with Crippen molar-refractivity contribution < 1.29 is 76.7 Å². The molecule has 0 heterocycles. The van der Waals surface area contributed by atoms with Gasteiger partial charge in [0.15, 0.2) is 0 Å². The van der Waals surface area contributed by atoms with Crippen molar-refractivity contribution in [1.29, 1.82) is 0 Å². The molecular formula is C107H206N8O16. The van der Waals surface area contributed by atoms with Crippen molar-refractivity contribution in [3.63, 3.8) is 0 Å². The van der Waals surface area contributed by atoms with Crippen LogP contribution in [0.1, 0.15) is 495 Å². The van der Waals surface area contributed by atoms with Gasteiger partial charge >= 0.3 is 36.1 Å². The van der Waals surface area contributed by atoms with E-state index in [-0.39, 0.29) is 73.6 Å². The van der Waals surface area contributed by atoms with Crippen LogP contribution in [0.2, 0.25) is 0 Å². The van der Waals surface area contributed by atoms with Crippen molar-refractivity contribution in [3.8, 4) is 0 Å². The minimum Gasteiger partial charge on any atom is -0.481 e. The topological polar surface area (TPSA) is 316 Å². The zero-order valence-electron chi connectivity index (χ0n) is 86.9. The highest BCUT2D eigenvalue weighted by Gasteiger charge is 2.26. The van der Waals surface area contributed by atoms with Crippen LogP contribution in [0.25, 0.3) is 0 Å². The SMILES string of the molecule is CCCCCCC(CCCCCC)CCC(C)(C)OC(=O)NCCN(CCC(=O)NCCCCCC(=O)O)CCC(=O)NCCCCCC(=O)OCC(CCCCCC)CCCCCC.CCCCCCC(CCCCCC)COC(=O)CCCCCCNC(=O)CCN(CCNC(=O)OC(C)(C)C)CCC(=O)NCCCCCC(=O)OCC(CCCCCC)CCCCCC. The number of hydrogen-bond acceptors (Lipinski definition) is 17. The van der Waals surface area contributed by atoms with Gasteiger partial charge in [-0.25, -0.2) is 9.59 Å². The largest absolute Gasteiger partial charge is 0.481 e. The normalized spacial score (nSPS) is 11.6. The highest BCUT2D eigenvalue weighted by Crippen LogP contribution is 2.29. The molecule has 770 valence electrons. The molecule has 0 atom stereocenters. The van der Waals surface area contributed by atoms with Crippen molar-refractivity contribution in [2.24, 2.45) is 23.7 Å². The number of alkyl carbamates (subject to hydrolysis) is 2. The van der Waals surface area contributed by atoms with E-state index in [1.54, 1.807) is 0 Å². The first-order chi connectivity index (χ1) is 63.2. The first kappa shape index (κ1) is 127. The van der Waals surface area contributed by atoms with Crippen molar-refractivity contribution in [1.82, 2.24) is 41.7 Å². The van der Waals surface area contributed by atoms with Crippen LogP contribution >= 0.6 is 0 Å². The quantitative estimate of drug-likeness (QED) is 0.0169. The average Bonchev–Trinajstić information content (AvgIpc) is 0.897. The van der Waals surface area contributed by atoms with Crippen LogP contribution in [-0.2, 0) is 62.0 Å². The van der Waals surface area contributed by atoms with E-state index >= 15 is 0 Å². The number of carbonyl (C=O) groups excluding carboxylic acids is 9. The van der Waals surface area contributed by atoms with Crippen LogP contribution in [-0.4, -0.2) is 184 Å². The lowest BCUT2D eigenvalue weighted by atomic mass is 9.87. The molecule has 0 spiro atoms. The number of carboxylic acids is 1. The molecule has 0 saturated carbocycles. The molecule has 7 N–H and O–H groups in total. The Balaban J connectivity index is 0. The van der Waals surface area contributed by atoms with Crippen LogP contribution in [0.4, 0.5) is 9.59 Å². The Bertz CT molecular complexity index is 2690. The fourth-order valence-corrected chi connectivity index (χ4v) is 16.4. The predicted molar refractivity (Wildman–Crippen MR) is 538 cm³/mol. The van der Waals surface area contributed by atoms with Gasteiger partial charge in [0.25, 0.3) is 0 Å². The van der Waals surface area contributed by atoms with Crippen LogP contribution in [0.15, 0.2) is 0 Å². The molecule has 0 fully saturated rings. The summed E-state index contributed by atoms with van der Waals surface area (Å²) in [5.41, 5.74) is -1.20. The summed E-state index contributed by atoms with van der Waals surface area (Å²) < 4.78 is 28.4. The smallest absolute Gasteiger partial charge is 0.407 e. The number of amides is 6. The Morgan fingerprint density at radius 3 is 0.748 bits per heavy atom. The second-order valence-corrected chi connectivity index (χ2v) is 39.4. The molecule has 0 unspecified atom stereocenters. The number of aliphatic carboxylic acids is 1. The lowest BCUT2D eigenvalue weighted by molar-refractivity contribution is -0.146. The number of nitrogens with zero attached hydrogens (tertiary/aromatic N) is 2. The standard InChI is InChI=1S/C54H104N4O8.C53H102N4O8/c1-8-12-16-23-31-47(32-24-17-13-9-2)45-64-51(61)35-27-20-21-29-39-55-49(59)37-42-58(44-41-57-53(63)66-54(5,6)7)43-38-50(60)56-40-30-22-28-36-52(62)65-46-48(33-25-18-14-10-3)34-26-19-15-11-4;1-7-11-15-21-29-46(30-22-16-12-8-2)35-38-53(5,6)65-52(63)56-41-44-57(42-36-48(58)54-39-27-19-25-33-50(60)61)43-37-49(59)55-40-28-20-26-34-51(62)64-45-47(31-23-17-13-9-3)32-24-18-14-10-4/h47-48H,8-46H2,1-7H3,(H,55,59)(H,56,60)(H,57,63);46-47H,7-45H2,1-6H3,(H,54,58)(H,55,59)(H,56,63)(H,60,61). The third-order valence-electron chi connectivity index (χ3n) is 24.9. The average molecular weight is 1860 g/mol. The molecule has 0 rings (SSSR count). The van der Waals surface area contributed by atoms with E-state index in [2.05, 4.69) is 87.3 Å². The maximum Gasteiger partial charge on any atom is 0.407 e. The monoisotopic (exact) mass is 1860 g/mol. The minimum absolute atomic E-state index is 0.0550. The molecule has 24 heteroatoms. The summed E-state index contributed by atoms with van der Waals surface area (Å²) in [6, 6.07) is 0. The number of carbonyl (C=O) groups is 10. The third-order valence-corrected chi connectivity index (χ3v) is 24.9. The van der Waals surface area contributed by atoms with E-state index < -0.39 is 29.4 Å². The van der Waals surface area contributed by atoms with Gasteiger partial charge in [-0.05, 0) is 161 Å². The first-order valence-electron chi connectivity index (χ1n) is 54.3. The molecule has 0 aromatic carbocycles. The highest BCUT2D eigenvalue weighted by molar-refractivity contribution is 5.78. The maximum atomic E-state index is 13.0. The zero-order chi connectivity index (χ0) is 97.2. The summed E-state index contributed by atoms with van der Waals surface area (Å²) in [5.74, 6) is 0.595. The zero-order valence-corrected chi connectivity index (χ0v) is 86.9. The number of rotatable bonds is 93. The van der Waals surface area contributed by atoms with E-state index in [4.69, 9.17) is 28.8 Å². The predicted octanol–water partition coefficient (Wildman–Crippen LogP) is 25.0. The van der Waals surface area contributed by atoms with Gasteiger partial charge in [-0.1, -0.05) is 306 Å². The molecular weight excluding hydrogens is 1650 g/mol. The lowest BCUT2D eigenvalue weighted by Crippen LogP contribution is -2.41. The Labute approximate surface area is 801 Å². The number of esters is 3. The van der Waals surface area contributed by atoms with Gasteiger partial charge in [0, 0.05) is 130 Å². The summed E-state index contributed by atoms with van der Waals surface area (Å²) in [6.07, 6.45) is 62.7. The summed E-state index contributed by atoms with van der Waals surface area (Å²) in [6.45, 7) is 34.3. The highest BCUT2D eigenvalue weighted by atomic mass is 16.6. The van der Waals surface area contributed by atoms with Crippen molar-refractivity contribution in [3.05, 3.63) is 0 Å². The van der Waals surface area contributed by atoms with Crippen molar-refractivity contribution in [2.75, 3.05) is 98.4 Å². The van der Waals surface area contributed by atoms with Crippen LogP contribution in [0, 0.1) is 23.7 Å². The van der Waals surface area contributed by atoms with Crippen LogP contribution < -0.4 is 31.9 Å². The molecule has 0 aromatic heterocycles. The summed E-state index contributed by atoms with van der Waals surface area (Å²) in [4.78, 5) is 129. The van der Waals surface area contributed by atoms with Gasteiger partial charge in [0.1, 0.15) is 11.2 Å². The molecule has 0 saturated heterocycles. The van der Waals surface area contributed by atoms with Gasteiger partial charge in [-0.15, -0.1) is 0 Å². The molecule has 0 aliphatic rings. The third kappa shape index (κ3) is 91.7. The molecule has 0 bridgehead atoms. The minimum atomic E-state index is -0.812. The second kappa shape index (κ2) is 91.9. The van der Waals surface area contributed by atoms with E-state index in [9.17, 15) is 47.9 Å². The van der Waals surface area contributed by atoms with Gasteiger partial charge in [0.05, 0.1) is 19.8 Å². The lowest BCUT2D eigenvalue weighted by Gasteiger charge is -2.28. The number of carboxylic acid groups (broad SMARTS) is 1. The molecule has 0 radical (unpaired) electrons. The molecule has 0 aromatic rings. The van der Waals surface area contributed by atoms with E-state index in [0.29, 0.717) is 154 Å². The molecule has 0 aliphatic heterocycles. The second-order valence-electron chi connectivity index (χ2n) is 39.4. The molecule has 24 nitrogen and oxygen atoms in total. The summed E-state index contributed by atoms with van der Waals surface area (Å²) >= 11 is 0. The molecule has 131 heavy (non-hydrogen) atoms. The first-order valence-corrected chi connectivity index (χ1v) is 54.3. The number of nitrogens with one attached hydrogen (secondary N) is 6. The van der Waals surface area contributed by atoms with E-state index in [1.807, 2.05) is 44.4 Å². The number of ether oxygens (including phenoxy) is 5. The summed E-state index contributed by atoms with van der Waals surface area (Å²) in [7, 11) is 0. The fourth-order valence-electron chi connectivity index (χ4n) is 16.4. The Morgan fingerprint density at radius 2 is 0.489 bits per heavy atom. The Hall–Kier alpha value is -5.78. The van der Waals surface area contributed by atoms with Gasteiger partial charge < -0.3 is 70.5 Å². The van der Waals surface area contributed by atoms with Crippen LogP contribution in [0.3, 0.4) is 0 Å². The van der Waals surface area contributed by atoms with Crippen LogP contribution in [0.5, 0.6) is 0 Å². The Kier molecular flexibility index (Phi) is 89.3. The van der Waals surface area contributed by atoms with Gasteiger partial charge in [-0.2, -0.15) is 0 Å². The number of hydrogen-bond donors (Lipinski definition) is 7. The fraction of sp³-hybridized carbons (Fsp3) is 0.907. The maximum absolute atomic E-state index is 13.0. The number of unbranched alkanes of at least 4 members (excludes halogenated alkanes) is 33. The van der Waals surface area contributed by atoms with E-state index in [0.717, 1.165) is 122 Å². The van der Waals surface area contributed by atoms with Crippen molar-refractivity contribution >= 4 is 59.7 Å². The Morgan fingerprint density at radius 1 is 0.252 bits per heavy atom. The van der Waals surface area contributed by atoms with Crippen molar-refractivity contribution in [2.45, 2.75) is 506 Å². The van der Waals surface area contributed by atoms with Gasteiger partial charge in [-0.3, -0.25) is 38.4 Å². The molecule has 6 amide bonds.